The number of rotatable bonds is 8. The second-order valence-corrected chi connectivity index (χ2v) is 10.7. The molecule has 0 N–H and O–H groups in total. The summed E-state index contributed by atoms with van der Waals surface area (Å²) >= 11 is 4.91. The summed E-state index contributed by atoms with van der Waals surface area (Å²) < 4.78 is 53.4. The highest BCUT2D eigenvalue weighted by atomic mass is 79.9. The minimum Gasteiger partial charge on any atom is -0.486 e. The van der Waals surface area contributed by atoms with Gasteiger partial charge in [-0.05, 0) is 43.7 Å². The van der Waals surface area contributed by atoms with E-state index in [2.05, 4.69) is 36.0 Å². The van der Waals surface area contributed by atoms with Crippen molar-refractivity contribution in [2.45, 2.75) is 36.7 Å². The Morgan fingerprint density at radius 2 is 2.03 bits per heavy atom. The third kappa shape index (κ3) is 4.72. The predicted octanol–water partition coefficient (Wildman–Crippen LogP) is 5.20. The molecule has 182 valence electrons. The van der Waals surface area contributed by atoms with Gasteiger partial charge in [-0.2, -0.15) is 13.2 Å². The van der Waals surface area contributed by atoms with Crippen molar-refractivity contribution in [3.8, 4) is 17.3 Å². The molecule has 3 aromatic rings. The molecule has 0 bridgehead atoms. The minimum absolute atomic E-state index is 0.0401. The van der Waals surface area contributed by atoms with Crippen LogP contribution in [0.1, 0.15) is 24.5 Å². The Morgan fingerprint density at radius 1 is 1.26 bits per heavy atom. The summed E-state index contributed by atoms with van der Waals surface area (Å²) in [6.07, 6.45) is -2.63. The van der Waals surface area contributed by atoms with Gasteiger partial charge in [-0.3, -0.25) is 4.90 Å². The Labute approximate surface area is 207 Å². The van der Waals surface area contributed by atoms with Crippen LogP contribution in [0.4, 0.5) is 13.2 Å². The van der Waals surface area contributed by atoms with Crippen LogP contribution in [0.15, 0.2) is 38.3 Å². The number of likely N-dealkylation sites (tertiary alicyclic amines) is 1. The standard InChI is InChI=1S/C22H23BrF3N5O2S/c1-13-27-17(18(32-13)22(24,25)26)19-28-29-20(30(19)2)34-9-3-8-31-11-14-10-21(14,12-31)33-16-6-4-15(23)5-7-16/h4-7,14H,3,8-12H2,1-2H3/t14-,21?/m0/s1. The summed E-state index contributed by atoms with van der Waals surface area (Å²) in [5.74, 6) is 1.07. The van der Waals surface area contributed by atoms with Gasteiger partial charge in [-0.25, -0.2) is 4.98 Å². The quantitative estimate of drug-likeness (QED) is 0.278. The molecule has 0 radical (unpaired) electrons. The fourth-order valence-electron chi connectivity index (χ4n) is 4.47. The van der Waals surface area contributed by atoms with E-state index >= 15 is 0 Å². The molecule has 5 rings (SSSR count). The van der Waals surface area contributed by atoms with Gasteiger partial charge in [0.25, 0.3) is 0 Å². The maximum absolute atomic E-state index is 13.3. The van der Waals surface area contributed by atoms with Gasteiger partial charge in [0.2, 0.25) is 5.76 Å². The fraction of sp³-hybridized carbons (Fsp3) is 0.500. The number of alkyl halides is 3. The zero-order chi connectivity index (χ0) is 24.1. The number of fused-ring (bicyclic) bond motifs is 1. The maximum atomic E-state index is 13.3. The van der Waals surface area contributed by atoms with Crippen molar-refractivity contribution < 1.29 is 22.3 Å². The number of oxazole rings is 1. The summed E-state index contributed by atoms with van der Waals surface area (Å²) in [4.78, 5) is 6.30. The Morgan fingerprint density at radius 3 is 2.76 bits per heavy atom. The summed E-state index contributed by atoms with van der Waals surface area (Å²) in [6.45, 7) is 4.25. The highest BCUT2D eigenvalue weighted by Gasteiger charge is 2.62. The zero-order valence-electron chi connectivity index (χ0n) is 18.6. The molecular weight excluding hydrogens is 535 g/mol. The second kappa shape index (κ2) is 8.87. The second-order valence-electron chi connectivity index (χ2n) is 8.73. The third-order valence-electron chi connectivity index (χ3n) is 6.17. The first-order valence-electron chi connectivity index (χ1n) is 10.9. The molecule has 3 heterocycles. The van der Waals surface area contributed by atoms with Crippen molar-refractivity contribution in [3.05, 3.63) is 40.4 Å². The lowest BCUT2D eigenvalue weighted by molar-refractivity contribution is -0.152. The summed E-state index contributed by atoms with van der Waals surface area (Å²) in [5.41, 5.74) is -0.398. The van der Waals surface area contributed by atoms with Gasteiger partial charge in [0.15, 0.2) is 22.6 Å². The van der Waals surface area contributed by atoms with E-state index in [-0.39, 0.29) is 23.0 Å². The highest BCUT2D eigenvalue weighted by Crippen LogP contribution is 2.52. The number of thioether (sulfide) groups is 1. The lowest BCUT2D eigenvalue weighted by Gasteiger charge is -2.21. The van der Waals surface area contributed by atoms with E-state index in [0.29, 0.717) is 11.1 Å². The number of benzene rings is 1. The van der Waals surface area contributed by atoms with E-state index in [0.717, 1.165) is 48.5 Å². The van der Waals surface area contributed by atoms with Crippen molar-refractivity contribution in [1.29, 1.82) is 0 Å². The molecule has 1 saturated carbocycles. The highest BCUT2D eigenvalue weighted by molar-refractivity contribution is 9.10. The molecule has 0 amide bonds. The summed E-state index contributed by atoms with van der Waals surface area (Å²) in [7, 11) is 1.64. The monoisotopic (exact) mass is 557 g/mol. The first kappa shape index (κ1) is 23.7. The number of aryl methyl sites for hydroxylation is 1. The van der Waals surface area contributed by atoms with Gasteiger partial charge in [0.05, 0.1) is 0 Å². The van der Waals surface area contributed by atoms with E-state index in [9.17, 15) is 13.2 Å². The van der Waals surface area contributed by atoms with Crippen LogP contribution in [0.2, 0.25) is 0 Å². The van der Waals surface area contributed by atoms with E-state index in [4.69, 9.17) is 9.15 Å². The minimum atomic E-state index is -4.65. The lowest BCUT2D eigenvalue weighted by Crippen LogP contribution is -2.31. The van der Waals surface area contributed by atoms with Crippen molar-refractivity contribution in [2.24, 2.45) is 13.0 Å². The van der Waals surface area contributed by atoms with Crippen molar-refractivity contribution >= 4 is 27.7 Å². The first-order chi connectivity index (χ1) is 16.1. The van der Waals surface area contributed by atoms with E-state index in [1.54, 1.807) is 7.05 Å². The van der Waals surface area contributed by atoms with Crippen LogP contribution in [0, 0.1) is 12.8 Å². The number of aromatic nitrogens is 4. The van der Waals surface area contributed by atoms with E-state index in [1.165, 1.54) is 23.3 Å². The van der Waals surface area contributed by atoms with Crippen LogP contribution in [0.5, 0.6) is 5.75 Å². The van der Waals surface area contributed by atoms with Crippen LogP contribution in [0.25, 0.3) is 11.5 Å². The fourth-order valence-corrected chi connectivity index (χ4v) is 5.57. The molecule has 1 aliphatic heterocycles. The smallest absolute Gasteiger partial charge is 0.452 e. The molecule has 1 unspecified atom stereocenters. The molecule has 1 aliphatic carbocycles. The van der Waals surface area contributed by atoms with Crippen LogP contribution in [-0.4, -0.2) is 55.6 Å². The average Bonchev–Trinajstić information content (AvgIpc) is 3.08. The molecular formula is C22H23BrF3N5O2S. The van der Waals surface area contributed by atoms with Crippen molar-refractivity contribution in [1.82, 2.24) is 24.6 Å². The van der Waals surface area contributed by atoms with E-state index in [1.807, 2.05) is 24.3 Å². The van der Waals surface area contributed by atoms with Crippen LogP contribution in [0.3, 0.4) is 0 Å². The van der Waals surface area contributed by atoms with Crippen molar-refractivity contribution in [2.75, 3.05) is 25.4 Å². The normalized spacial score (nSPS) is 22.2. The van der Waals surface area contributed by atoms with Crippen LogP contribution >= 0.6 is 27.7 Å². The van der Waals surface area contributed by atoms with Gasteiger partial charge in [0.1, 0.15) is 11.4 Å². The van der Waals surface area contributed by atoms with Gasteiger partial charge >= 0.3 is 6.18 Å². The third-order valence-corrected chi connectivity index (χ3v) is 7.80. The maximum Gasteiger partial charge on any atom is 0.452 e. The summed E-state index contributed by atoms with van der Waals surface area (Å²) in [6, 6.07) is 7.94. The van der Waals surface area contributed by atoms with Crippen molar-refractivity contribution in [3.63, 3.8) is 0 Å². The SMILES string of the molecule is Cc1nc(-c2nnc(SCCCN3C[C@@H]4CC4(Oc4ccc(Br)cc4)C3)n2C)c(C(F)(F)F)o1. The van der Waals surface area contributed by atoms with Crippen LogP contribution in [-0.2, 0) is 13.2 Å². The first-order valence-corrected chi connectivity index (χ1v) is 12.7. The Hall–Kier alpha value is -2.05. The largest absolute Gasteiger partial charge is 0.486 e. The number of hydrogen-bond donors (Lipinski definition) is 0. The molecule has 7 nitrogen and oxygen atoms in total. The molecule has 2 fully saturated rings. The van der Waals surface area contributed by atoms with Gasteiger partial charge in [0, 0.05) is 43.2 Å². The molecule has 2 atom stereocenters. The molecule has 1 aromatic carbocycles. The predicted molar refractivity (Wildman–Crippen MR) is 124 cm³/mol. The number of hydrogen-bond acceptors (Lipinski definition) is 7. The molecule has 1 saturated heterocycles. The Kier molecular flexibility index (Phi) is 6.18. The summed E-state index contributed by atoms with van der Waals surface area (Å²) in [5, 5.41) is 8.55. The number of halogens is 4. The van der Waals surface area contributed by atoms with E-state index < -0.39 is 11.9 Å². The molecule has 12 heteroatoms. The topological polar surface area (TPSA) is 69.2 Å². The average molecular weight is 558 g/mol. The zero-order valence-corrected chi connectivity index (χ0v) is 21.0. The number of piperidine rings is 1. The molecule has 2 aliphatic rings. The Bertz CT molecular complexity index is 1180. The lowest BCUT2D eigenvalue weighted by atomic mass is 10.3. The van der Waals surface area contributed by atoms with Gasteiger partial charge in [-0.1, -0.05) is 27.7 Å². The van der Waals surface area contributed by atoms with Gasteiger partial charge in [-0.15, -0.1) is 10.2 Å². The Balaban J connectivity index is 1.13. The molecule has 34 heavy (non-hydrogen) atoms. The number of ether oxygens (including phenoxy) is 1. The number of nitrogens with zero attached hydrogens (tertiary/aromatic N) is 5. The van der Waals surface area contributed by atoms with Gasteiger partial charge < -0.3 is 13.7 Å². The molecule has 0 spiro atoms. The van der Waals surface area contributed by atoms with Crippen LogP contribution < -0.4 is 4.74 Å². The molecule has 2 aromatic heterocycles.